The van der Waals surface area contributed by atoms with Crippen molar-refractivity contribution in [2.24, 2.45) is 7.05 Å². The van der Waals surface area contributed by atoms with Crippen molar-refractivity contribution in [3.8, 4) is 5.75 Å². The Labute approximate surface area is 110 Å². The first-order valence-corrected chi connectivity index (χ1v) is 5.76. The van der Waals surface area contributed by atoms with Crippen LogP contribution in [0.2, 0.25) is 0 Å². The fraction of sp³-hybridized carbons (Fsp3) is 0.308. The maximum Gasteiger partial charge on any atom is 0.161 e. The van der Waals surface area contributed by atoms with Crippen molar-refractivity contribution in [2.75, 3.05) is 14.2 Å². The molecule has 1 N–H and O–H groups in total. The van der Waals surface area contributed by atoms with E-state index in [0.717, 1.165) is 11.8 Å². The van der Waals surface area contributed by atoms with Gasteiger partial charge in [0.1, 0.15) is 5.69 Å². The molecule has 1 atom stereocenters. The minimum atomic E-state index is -0.876. The molecule has 1 aromatic carbocycles. The Morgan fingerprint density at radius 2 is 2.05 bits per heavy atom. The molecule has 0 aliphatic rings. The second kappa shape index (κ2) is 5.36. The molecule has 1 heterocycles. The van der Waals surface area contributed by atoms with Gasteiger partial charge >= 0.3 is 0 Å². The van der Waals surface area contributed by atoms with Crippen molar-refractivity contribution in [2.45, 2.75) is 6.04 Å². The van der Waals surface area contributed by atoms with Crippen LogP contribution in [0, 0.1) is 11.6 Å². The number of nitrogens with one attached hydrogen (secondary N) is 1. The van der Waals surface area contributed by atoms with E-state index >= 15 is 0 Å². The van der Waals surface area contributed by atoms with E-state index in [4.69, 9.17) is 4.74 Å². The van der Waals surface area contributed by atoms with Gasteiger partial charge in [-0.25, -0.2) is 8.78 Å². The van der Waals surface area contributed by atoms with Gasteiger partial charge in [0.05, 0.1) is 19.3 Å². The summed E-state index contributed by atoms with van der Waals surface area (Å²) in [5.41, 5.74) is 1.35. The normalized spacial score (nSPS) is 12.5. The second-order valence-electron chi connectivity index (χ2n) is 4.12. The van der Waals surface area contributed by atoms with Crippen molar-refractivity contribution >= 4 is 0 Å². The molecule has 6 heteroatoms. The largest absolute Gasteiger partial charge is 0.493 e. The van der Waals surface area contributed by atoms with Crippen molar-refractivity contribution in [3.63, 3.8) is 0 Å². The number of nitrogens with zero attached hydrogens (tertiary/aromatic N) is 2. The van der Waals surface area contributed by atoms with Gasteiger partial charge in [0.2, 0.25) is 0 Å². The predicted octanol–water partition coefficient (Wildman–Crippen LogP) is 2.02. The molecule has 19 heavy (non-hydrogen) atoms. The van der Waals surface area contributed by atoms with Crippen LogP contribution in [-0.2, 0) is 7.05 Å². The van der Waals surface area contributed by atoms with Gasteiger partial charge in [0, 0.05) is 7.05 Å². The first-order valence-electron chi connectivity index (χ1n) is 5.76. The maximum absolute atomic E-state index is 13.3. The van der Waals surface area contributed by atoms with Gasteiger partial charge in [-0.2, -0.15) is 5.10 Å². The molecule has 0 aliphatic heterocycles. The molecule has 0 saturated carbocycles. The van der Waals surface area contributed by atoms with Crippen LogP contribution in [0.15, 0.2) is 24.4 Å². The fourth-order valence-corrected chi connectivity index (χ4v) is 2.07. The summed E-state index contributed by atoms with van der Waals surface area (Å²) in [7, 11) is 5.04. The summed E-state index contributed by atoms with van der Waals surface area (Å²) in [6, 6.07) is 3.48. The van der Waals surface area contributed by atoms with E-state index in [1.807, 2.05) is 0 Å². The monoisotopic (exact) mass is 267 g/mol. The summed E-state index contributed by atoms with van der Waals surface area (Å²) in [6.07, 6.45) is 1.58. The molecule has 0 amide bonds. The average molecular weight is 267 g/mol. The number of aryl methyl sites for hydroxylation is 1. The highest BCUT2D eigenvalue weighted by Crippen LogP contribution is 2.29. The molecule has 0 saturated heterocycles. The lowest BCUT2D eigenvalue weighted by atomic mass is 10.0. The van der Waals surface area contributed by atoms with E-state index in [9.17, 15) is 8.78 Å². The van der Waals surface area contributed by atoms with Crippen molar-refractivity contribution < 1.29 is 13.5 Å². The summed E-state index contributed by atoms with van der Waals surface area (Å²) in [5.74, 6) is -1.15. The van der Waals surface area contributed by atoms with E-state index in [1.165, 1.54) is 12.1 Å². The first-order chi connectivity index (χ1) is 9.08. The zero-order chi connectivity index (χ0) is 14.0. The highest BCUT2D eigenvalue weighted by molar-refractivity contribution is 5.36. The summed E-state index contributed by atoms with van der Waals surface area (Å²) >= 11 is 0. The Hall–Kier alpha value is -1.95. The van der Waals surface area contributed by atoms with Crippen LogP contribution in [0.3, 0.4) is 0 Å². The Morgan fingerprint density at radius 1 is 1.32 bits per heavy atom. The smallest absolute Gasteiger partial charge is 0.161 e. The number of hydrogen-bond donors (Lipinski definition) is 1. The molecule has 0 spiro atoms. The highest BCUT2D eigenvalue weighted by atomic mass is 19.2. The lowest BCUT2D eigenvalue weighted by Crippen LogP contribution is -2.21. The van der Waals surface area contributed by atoms with Crippen molar-refractivity contribution in [3.05, 3.63) is 47.3 Å². The minimum Gasteiger partial charge on any atom is -0.493 e. The van der Waals surface area contributed by atoms with Crippen LogP contribution < -0.4 is 10.1 Å². The Morgan fingerprint density at radius 3 is 2.63 bits per heavy atom. The summed E-state index contributed by atoms with van der Waals surface area (Å²) in [5, 5.41) is 7.16. The van der Waals surface area contributed by atoms with E-state index in [1.54, 1.807) is 32.1 Å². The minimum absolute atomic E-state index is 0.336. The first kappa shape index (κ1) is 13.5. The van der Waals surface area contributed by atoms with Crippen LogP contribution >= 0.6 is 0 Å². The van der Waals surface area contributed by atoms with Gasteiger partial charge in [-0.15, -0.1) is 0 Å². The molecular formula is C13H15F2N3O. The van der Waals surface area contributed by atoms with E-state index < -0.39 is 11.6 Å². The van der Waals surface area contributed by atoms with Crippen molar-refractivity contribution in [1.29, 1.82) is 0 Å². The molecule has 0 radical (unpaired) electrons. The number of methoxy groups -OCH3 is 1. The number of rotatable bonds is 4. The number of hydrogen-bond acceptors (Lipinski definition) is 3. The molecular weight excluding hydrogens is 252 g/mol. The van der Waals surface area contributed by atoms with Crippen LogP contribution in [0.4, 0.5) is 8.78 Å². The number of halogens is 2. The van der Waals surface area contributed by atoms with E-state index in [0.29, 0.717) is 11.3 Å². The van der Waals surface area contributed by atoms with Crippen molar-refractivity contribution in [1.82, 2.24) is 15.1 Å². The average Bonchev–Trinajstić information content (AvgIpc) is 2.76. The molecule has 1 aromatic heterocycles. The Balaban J connectivity index is 2.49. The molecule has 2 rings (SSSR count). The summed E-state index contributed by atoms with van der Waals surface area (Å²) in [4.78, 5) is 0. The molecule has 0 fully saturated rings. The maximum atomic E-state index is 13.3. The summed E-state index contributed by atoms with van der Waals surface area (Å²) < 4.78 is 33.2. The van der Waals surface area contributed by atoms with Crippen LogP contribution in [-0.4, -0.2) is 23.9 Å². The zero-order valence-electron chi connectivity index (χ0n) is 10.9. The Kier molecular flexibility index (Phi) is 3.80. The molecule has 0 bridgehead atoms. The van der Waals surface area contributed by atoms with Crippen LogP contribution in [0.25, 0.3) is 0 Å². The molecule has 2 aromatic rings. The van der Waals surface area contributed by atoms with Crippen LogP contribution in [0.1, 0.15) is 17.3 Å². The van der Waals surface area contributed by atoms with Crippen LogP contribution in [0.5, 0.6) is 5.75 Å². The fourth-order valence-electron chi connectivity index (χ4n) is 2.07. The van der Waals surface area contributed by atoms with Gasteiger partial charge in [-0.1, -0.05) is 6.07 Å². The van der Waals surface area contributed by atoms with Gasteiger partial charge in [-0.05, 0) is 24.7 Å². The Bertz CT molecular complexity index is 583. The zero-order valence-corrected chi connectivity index (χ0v) is 10.9. The lowest BCUT2D eigenvalue weighted by Gasteiger charge is -2.18. The predicted molar refractivity (Wildman–Crippen MR) is 67.0 cm³/mol. The molecule has 4 nitrogen and oxygen atoms in total. The topological polar surface area (TPSA) is 39.1 Å². The standard InChI is InChI=1S/C13H15F2N3O/c1-16-12(8-4-5-9(14)10(15)6-8)13-11(19-3)7-17-18(13)2/h4-7,12,16H,1-3H3. The lowest BCUT2D eigenvalue weighted by molar-refractivity contribution is 0.402. The third-order valence-electron chi connectivity index (χ3n) is 3.01. The van der Waals surface area contributed by atoms with E-state index in [2.05, 4.69) is 10.4 Å². The number of aromatic nitrogens is 2. The van der Waals surface area contributed by atoms with Gasteiger partial charge in [0.25, 0.3) is 0 Å². The third-order valence-corrected chi connectivity index (χ3v) is 3.01. The SMILES string of the molecule is CNC(c1ccc(F)c(F)c1)c1c(OC)cnn1C. The van der Waals surface area contributed by atoms with Gasteiger partial charge in [0.15, 0.2) is 17.4 Å². The number of benzene rings is 1. The third kappa shape index (κ3) is 2.44. The van der Waals surface area contributed by atoms with E-state index in [-0.39, 0.29) is 6.04 Å². The van der Waals surface area contributed by atoms with Gasteiger partial charge < -0.3 is 10.1 Å². The molecule has 1 unspecified atom stereocenters. The quantitative estimate of drug-likeness (QED) is 0.921. The number of ether oxygens (including phenoxy) is 1. The second-order valence-corrected chi connectivity index (χ2v) is 4.12. The summed E-state index contributed by atoms with van der Waals surface area (Å²) in [6.45, 7) is 0. The highest BCUT2D eigenvalue weighted by Gasteiger charge is 2.22. The van der Waals surface area contributed by atoms with Gasteiger partial charge in [-0.3, -0.25) is 4.68 Å². The molecule has 0 aliphatic carbocycles. The molecule has 102 valence electrons.